The molecule has 0 saturated carbocycles. The third-order valence-electron chi connectivity index (χ3n) is 5.33. The highest BCUT2D eigenvalue weighted by atomic mass is 19.3. The zero-order chi connectivity index (χ0) is 23.4. The summed E-state index contributed by atoms with van der Waals surface area (Å²) >= 11 is 0. The highest BCUT2D eigenvalue weighted by Gasteiger charge is 2.33. The van der Waals surface area contributed by atoms with E-state index in [0.717, 1.165) is 5.76 Å². The Hall–Kier alpha value is -3.25. The molecule has 2 aliphatic heterocycles. The molecule has 1 N–H and O–H groups in total. The molecule has 1 aromatic heterocycles. The molecule has 0 radical (unpaired) electrons. The molecule has 4 rings (SSSR count). The van der Waals surface area contributed by atoms with E-state index in [0.29, 0.717) is 38.5 Å². The monoisotopic (exact) mass is 468 g/mol. The Morgan fingerprint density at radius 3 is 2.79 bits per heavy atom. The third-order valence-corrected chi connectivity index (χ3v) is 5.33. The van der Waals surface area contributed by atoms with Gasteiger partial charge in [-0.25, -0.2) is 9.18 Å². The van der Waals surface area contributed by atoms with Crippen LogP contribution in [0.2, 0.25) is 0 Å². The van der Waals surface area contributed by atoms with Crippen molar-refractivity contribution in [3.8, 4) is 0 Å². The second-order valence-electron chi connectivity index (χ2n) is 7.56. The predicted octanol–water partition coefficient (Wildman–Crippen LogP) is 2.38. The minimum absolute atomic E-state index is 0.000428. The summed E-state index contributed by atoms with van der Waals surface area (Å²) in [6.07, 6.45) is -3.11. The average Bonchev–Trinajstić information content (AvgIpc) is 3.36. The molecular formula is C21H23F3N4O5. The summed E-state index contributed by atoms with van der Waals surface area (Å²) in [5.74, 6) is -1.19. The normalized spacial score (nSPS) is 19.6. The van der Waals surface area contributed by atoms with Gasteiger partial charge >= 0.3 is 12.5 Å². The molecule has 12 heteroatoms. The number of nitrogens with one attached hydrogen (secondary N) is 1. The van der Waals surface area contributed by atoms with Gasteiger partial charge in [0.05, 0.1) is 43.9 Å². The van der Waals surface area contributed by atoms with Crippen LogP contribution in [-0.4, -0.2) is 68.9 Å². The average molecular weight is 468 g/mol. The highest BCUT2D eigenvalue weighted by molar-refractivity contribution is 5.90. The van der Waals surface area contributed by atoms with Gasteiger partial charge in [-0.2, -0.15) is 13.8 Å². The highest BCUT2D eigenvalue weighted by Crippen LogP contribution is 2.28. The summed E-state index contributed by atoms with van der Waals surface area (Å²) < 4.78 is 50.0. The number of benzene rings is 1. The van der Waals surface area contributed by atoms with Gasteiger partial charge in [0.2, 0.25) is 0 Å². The largest absolute Gasteiger partial charge is 0.468 e. The quantitative estimate of drug-likeness (QED) is 0.668. The Labute approximate surface area is 187 Å². The van der Waals surface area contributed by atoms with Gasteiger partial charge in [-0.3, -0.25) is 14.5 Å². The van der Waals surface area contributed by atoms with Crippen LogP contribution in [0.1, 0.15) is 5.76 Å². The van der Waals surface area contributed by atoms with E-state index in [9.17, 15) is 22.8 Å². The molecule has 2 saturated heterocycles. The molecule has 0 spiro atoms. The number of cyclic esters (lactones) is 1. The number of rotatable bonds is 7. The SMILES string of the molecule is O=C(NCC1CN(c2ccc(N3CCON(Cc4ccco4)CC3)c(F)c2)C(=O)O1)C(F)F. The first-order valence-corrected chi connectivity index (χ1v) is 10.4. The number of nitrogens with zero attached hydrogens (tertiary/aromatic N) is 3. The number of carbonyl (C=O) groups is 2. The van der Waals surface area contributed by atoms with E-state index in [-0.39, 0.29) is 18.8 Å². The zero-order valence-corrected chi connectivity index (χ0v) is 17.6. The molecule has 0 aliphatic carbocycles. The molecule has 1 unspecified atom stereocenters. The van der Waals surface area contributed by atoms with Crippen LogP contribution in [0.3, 0.4) is 0 Å². The maximum absolute atomic E-state index is 15.0. The summed E-state index contributed by atoms with van der Waals surface area (Å²) in [5.41, 5.74) is 0.643. The van der Waals surface area contributed by atoms with E-state index in [4.69, 9.17) is 14.0 Å². The van der Waals surface area contributed by atoms with E-state index >= 15 is 0 Å². The standard InChI is InChI=1S/C21H23F3N4O5/c22-17-10-14(28-13-16(33-21(28)30)11-25-20(29)19(23)24)3-4-18(17)26-5-6-27(32-9-7-26)12-15-2-1-8-31-15/h1-4,8,10,16,19H,5-7,9,11-13H2,(H,25,29). The van der Waals surface area contributed by atoms with E-state index in [2.05, 4.69) is 0 Å². The summed E-state index contributed by atoms with van der Waals surface area (Å²) in [4.78, 5) is 31.9. The molecule has 2 fully saturated rings. The maximum Gasteiger partial charge on any atom is 0.414 e. The fourth-order valence-corrected chi connectivity index (χ4v) is 3.68. The van der Waals surface area contributed by atoms with E-state index in [1.165, 1.54) is 11.0 Å². The fraction of sp³-hybridized carbons (Fsp3) is 0.429. The first kappa shape index (κ1) is 22.9. The van der Waals surface area contributed by atoms with Gasteiger partial charge in [-0.1, -0.05) is 0 Å². The molecule has 33 heavy (non-hydrogen) atoms. The number of amides is 2. The molecule has 178 valence electrons. The maximum atomic E-state index is 15.0. The van der Waals surface area contributed by atoms with Crippen LogP contribution in [0, 0.1) is 5.82 Å². The lowest BCUT2D eigenvalue weighted by Crippen LogP contribution is -2.37. The minimum Gasteiger partial charge on any atom is -0.468 e. The van der Waals surface area contributed by atoms with Gasteiger partial charge in [-0.15, -0.1) is 0 Å². The van der Waals surface area contributed by atoms with Crippen molar-refractivity contribution in [1.29, 1.82) is 0 Å². The number of hydroxylamine groups is 2. The number of halogens is 3. The summed E-state index contributed by atoms with van der Waals surface area (Å²) in [5, 5.41) is 3.77. The lowest BCUT2D eigenvalue weighted by atomic mass is 10.2. The Morgan fingerprint density at radius 2 is 2.06 bits per heavy atom. The first-order valence-electron chi connectivity index (χ1n) is 10.4. The van der Waals surface area contributed by atoms with E-state index in [1.807, 2.05) is 16.3 Å². The van der Waals surface area contributed by atoms with Crippen molar-refractivity contribution in [2.24, 2.45) is 0 Å². The van der Waals surface area contributed by atoms with Crippen molar-refractivity contribution < 1.29 is 36.8 Å². The van der Waals surface area contributed by atoms with Gasteiger partial charge in [0.1, 0.15) is 17.7 Å². The summed E-state index contributed by atoms with van der Waals surface area (Å²) in [6.45, 7) is 2.13. The van der Waals surface area contributed by atoms with Crippen LogP contribution < -0.4 is 15.1 Å². The number of anilines is 2. The summed E-state index contributed by atoms with van der Waals surface area (Å²) in [7, 11) is 0. The molecule has 2 aliphatic rings. The van der Waals surface area contributed by atoms with Crippen molar-refractivity contribution in [2.75, 3.05) is 49.1 Å². The molecule has 1 aromatic carbocycles. The first-order chi connectivity index (χ1) is 15.9. The smallest absolute Gasteiger partial charge is 0.414 e. The molecule has 3 heterocycles. The number of alkyl halides is 2. The molecule has 1 atom stereocenters. The van der Waals surface area contributed by atoms with Crippen molar-refractivity contribution in [1.82, 2.24) is 10.4 Å². The van der Waals surface area contributed by atoms with Crippen LogP contribution in [0.25, 0.3) is 0 Å². The van der Waals surface area contributed by atoms with Crippen molar-refractivity contribution in [3.63, 3.8) is 0 Å². The van der Waals surface area contributed by atoms with Gasteiger partial charge in [0.25, 0.3) is 5.91 Å². The number of carbonyl (C=O) groups excluding carboxylic acids is 2. The second kappa shape index (κ2) is 10.1. The zero-order valence-electron chi connectivity index (χ0n) is 17.6. The number of furan rings is 1. The molecular weight excluding hydrogens is 445 g/mol. The predicted molar refractivity (Wildman–Crippen MR) is 110 cm³/mol. The van der Waals surface area contributed by atoms with Gasteiger partial charge in [0.15, 0.2) is 0 Å². The molecule has 2 aromatic rings. The Morgan fingerprint density at radius 1 is 1.21 bits per heavy atom. The lowest BCUT2D eigenvalue weighted by Gasteiger charge is -2.24. The number of ether oxygens (including phenoxy) is 1. The van der Waals surface area contributed by atoms with Crippen LogP contribution in [0.15, 0.2) is 41.0 Å². The van der Waals surface area contributed by atoms with Crippen LogP contribution in [0.4, 0.5) is 29.3 Å². The van der Waals surface area contributed by atoms with Gasteiger partial charge in [-0.05, 0) is 30.3 Å². The Balaban J connectivity index is 1.36. The van der Waals surface area contributed by atoms with Crippen molar-refractivity contribution in [2.45, 2.75) is 19.1 Å². The Kier molecular flexibility index (Phi) is 7.04. The van der Waals surface area contributed by atoms with E-state index < -0.39 is 30.3 Å². The summed E-state index contributed by atoms with van der Waals surface area (Å²) in [6, 6.07) is 8.04. The van der Waals surface area contributed by atoms with Crippen molar-refractivity contribution >= 4 is 23.4 Å². The van der Waals surface area contributed by atoms with Gasteiger partial charge < -0.3 is 19.4 Å². The van der Waals surface area contributed by atoms with Crippen LogP contribution in [-0.2, 0) is 20.9 Å². The molecule has 2 amide bonds. The lowest BCUT2D eigenvalue weighted by molar-refractivity contribution is -0.157. The minimum atomic E-state index is -3.15. The third kappa shape index (κ3) is 5.57. The fourth-order valence-electron chi connectivity index (χ4n) is 3.68. The van der Waals surface area contributed by atoms with Crippen LogP contribution in [0.5, 0.6) is 0 Å². The topological polar surface area (TPSA) is 87.5 Å². The molecule has 9 nitrogen and oxygen atoms in total. The Bertz CT molecular complexity index is 975. The number of hydrogen-bond donors (Lipinski definition) is 1. The molecule has 0 bridgehead atoms. The number of hydrogen-bond acceptors (Lipinski definition) is 7. The van der Waals surface area contributed by atoms with Crippen molar-refractivity contribution in [3.05, 3.63) is 48.2 Å². The second-order valence-corrected chi connectivity index (χ2v) is 7.56. The van der Waals surface area contributed by atoms with Gasteiger partial charge in [0, 0.05) is 19.6 Å². The van der Waals surface area contributed by atoms with E-state index in [1.54, 1.807) is 29.5 Å². The van der Waals surface area contributed by atoms with Crippen LogP contribution >= 0.6 is 0 Å².